The molecule has 5 heteroatoms. The van der Waals surface area contributed by atoms with Crippen molar-refractivity contribution < 1.29 is 0 Å². The summed E-state index contributed by atoms with van der Waals surface area (Å²) in [6.07, 6.45) is 0. The zero-order valence-corrected chi connectivity index (χ0v) is 21.6. The molecule has 4 nitrogen and oxygen atoms in total. The van der Waals surface area contributed by atoms with E-state index < -0.39 is 0 Å². The van der Waals surface area contributed by atoms with Crippen LogP contribution >= 0.6 is 11.3 Å². The van der Waals surface area contributed by atoms with Crippen LogP contribution in [0.4, 0.5) is 0 Å². The number of thiophene rings is 1. The van der Waals surface area contributed by atoms with Crippen LogP contribution in [0.15, 0.2) is 72.1 Å². The van der Waals surface area contributed by atoms with Gasteiger partial charge in [-0.3, -0.25) is 0 Å². The van der Waals surface area contributed by atoms with Gasteiger partial charge in [0, 0.05) is 37.5 Å². The normalized spacial score (nSPS) is 12.4. The van der Waals surface area contributed by atoms with E-state index in [0.29, 0.717) is 5.92 Å². The Morgan fingerprint density at radius 2 is 1.32 bits per heavy atom. The van der Waals surface area contributed by atoms with E-state index in [1.54, 1.807) is 11.3 Å². The van der Waals surface area contributed by atoms with Gasteiger partial charge in [0.25, 0.3) is 0 Å². The van der Waals surface area contributed by atoms with Gasteiger partial charge in [-0.2, -0.15) is 0 Å². The Morgan fingerprint density at radius 3 is 2.11 bits per heavy atom. The first-order valence-corrected chi connectivity index (χ1v) is 13.6. The second-order valence-electron chi connectivity index (χ2n) is 10.3. The van der Waals surface area contributed by atoms with E-state index in [2.05, 4.69) is 95.9 Å². The summed E-state index contributed by atoms with van der Waals surface area (Å²) in [5, 5.41) is 10.8. The average molecular weight is 497 g/mol. The maximum Gasteiger partial charge on any atom is 0.109 e. The monoisotopic (exact) mass is 496 g/mol. The van der Waals surface area contributed by atoms with Gasteiger partial charge in [0.2, 0.25) is 0 Å². The number of imidazole rings is 2. The fourth-order valence-corrected chi connectivity index (χ4v) is 6.79. The molecule has 0 aliphatic carbocycles. The summed E-state index contributed by atoms with van der Waals surface area (Å²) >= 11 is 1.80. The predicted molar refractivity (Wildman–Crippen MR) is 158 cm³/mol. The van der Waals surface area contributed by atoms with Crippen LogP contribution < -0.4 is 0 Å². The molecule has 0 radical (unpaired) electrons. The van der Waals surface area contributed by atoms with Crippen LogP contribution in [0.25, 0.3) is 75.6 Å². The molecule has 0 aliphatic rings. The molecule has 5 aromatic carbocycles. The zero-order chi connectivity index (χ0) is 24.8. The second kappa shape index (κ2) is 7.40. The van der Waals surface area contributed by atoms with Gasteiger partial charge in [-0.1, -0.05) is 62.4 Å². The van der Waals surface area contributed by atoms with Gasteiger partial charge in [0.05, 0.1) is 22.1 Å². The number of benzene rings is 5. The van der Waals surface area contributed by atoms with Crippen molar-refractivity contribution in [1.29, 1.82) is 0 Å². The molecule has 0 bridgehead atoms. The summed E-state index contributed by atoms with van der Waals surface area (Å²) in [5.41, 5.74) is 6.81. The summed E-state index contributed by atoms with van der Waals surface area (Å²) in [7, 11) is 0. The molecule has 0 aliphatic heterocycles. The minimum Gasteiger partial charge on any atom is -0.342 e. The van der Waals surface area contributed by atoms with Gasteiger partial charge < -0.3 is 9.97 Å². The highest BCUT2D eigenvalue weighted by Crippen LogP contribution is 2.41. The van der Waals surface area contributed by atoms with Crippen molar-refractivity contribution in [2.24, 2.45) is 0 Å². The second-order valence-corrected chi connectivity index (χ2v) is 11.2. The molecule has 2 N–H and O–H groups in total. The molecule has 0 saturated heterocycles. The highest BCUT2D eigenvalue weighted by Gasteiger charge is 2.17. The Labute approximate surface area is 217 Å². The number of nitrogens with zero attached hydrogens (tertiary/aromatic N) is 2. The molecule has 0 unspecified atom stereocenters. The molecular formula is C32H24N4S. The number of hydrogen-bond donors (Lipinski definition) is 2. The lowest BCUT2D eigenvalue weighted by molar-refractivity contribution is 0.799. The van der Waals surface area contributed by atoms with Gasteiger partial charge >= 0.3 is 0 Å². The topological polar surface area (TPSA) is 57.4 Å². The molecule has 3 heterocycles. The molecule has 0 spiro atoms. The van der Waals surface area contributed by atoms with Crippen LogP contribution in [0.5, 0.6) is 0 Å². The van der Waals surface area contributed by atoms with E-state index in [9.17, 15) is 0 Å². The quantitative estimate of drug-likeness (QED) is 0.234. The molecule has 8 aromatic rings. The highest BCUT2D eigenvalue weighted by molar-refractivity contribution is 7.18. The third-order valence-electron chi connectivity index (χ3n) is 7.64. The Hall–Kier alpha value is -4.22. The predicted octanol–water partition coefficient (Wildman–Crippen LogP) is 9.21. The minimum absolute atomic E-state index is 0.355. The Morgan fingerprint density at radius 1 is 0.649 bits per heavy atom. The minimum atomic E-state index is 0.355. The first kappa shape index (κ1) is 20.9. The van der Waals surface area contributed by atoms with Crippen molar-refractivity contribution in [3.05, 3.63) is 83.8 Å². The molecule has 0 fully saturated rings. The van der Waals surface area contributed by atoms with Gasteiger partial charge in [0.1, 0.15) is 11.6 Å². The van der Waals surface area contributed by atoms with Crippen molar-refractivity contribution >= 4 is 75.8 Å². The summed E-state index contributed by atoms with van der Waals surface area (Å²) in [4.78, 5) is 16.9. The van der Waals surface area contributed by atoms with Gasteiger partial charge in [-0.25, -0.2) is 9.97 Å². The van der Waals surface area contributed by atoms with Crippen LogP contribution in [0.3, 0.4) is 0 Å². The maximum absolute atomic E-state index is 4.98. The van der Waals surface area contributed by atoms with Crippen molar-refractivity contribution in [2.45, 2.75) is 26.7 Å². The molecule has 3 aromatic heterocycles. The Kier molecular flexibility index (Phi) is 4.19. The number of aromatic amines is 2. The Bertz CT molecular complexity index is 2190. The van der Waals surface area contributed by atoms with E-state index in [1.807, 2.05) is 6.92 Å². The lowest BCUT2D eigenvalue weighted by Crippen LogP contribution is -1.88. The number of aromatic nitrogens is 4. The standard InChI is InChI=1S/C32H24N4S/c1-16(2)32-35-29-23-11-9-19(15-26(23)31-24(12-13-37-31)30(29)36-32)18-8-10-22-25(14-18)20-6-4-5-7-21(20)27-28(22)34-17(3)33-27/h4-16H,1-3H3,(H,33,34)(H,35,36). The van der Waals surface area contributed by atoms with Crippen LogP contribution in [0.2, 0.25) is 0 Å². The van der Waals surface area contributed by atoms with Crippen molar-refractivity contribution in [3.63, 3.8) is 0 Å². The Balaban J connectivity index is 1.41. The number of nitrogens with one attached hydrogen (secondary N) is 2. The number of rotatable bonds is 2. The van der Waals surface area contributed by atoms with E-state index in [0.717, 1.165) is 33.7 Å². The number of aryl methyl sites for hydroxylation is 1. The molecular weight excluding hydrogens is 472 g/mol. The SMILES string of the molecule is Cc1nc2c3ccccc3c3cc(-c4ccc5c(c4)c4sccc4c4nc(C(C)C)[nH]c54)ccc3c2[nH]1. The van der Waals surface area contributed by atoms with E-state index in [4.69, 9.17) is 9.97 Å². The number of fused-ring (bicyclic) bond motifs is 12. The third kappa shape index (κ3) is 2.89. The first-order valence-electron chi connectivity index (χ1n) is 12.7. The highest BCUT2D eigenvalue weighted by atomic mass is 32.1. The summed E-state index contributed by atoms with van der Waals surface area (Å²) < 4.78 is 1.30. The molecule has 0 amide bonds. The van der Waals surface area contributed by atoms with Gasteiger partial charge in [-0.15, -0.1) is 11.3 Å². The third-order valence-corrected chi connectivity index (χ3v) is 8.59. The molecule has 178 valence electrons. The molecule has 0 saturated carbocycles. The zero-order valence-electron chi connectivity index (χ0n) is 20.8. The smallest absolute Gasteiger partial charge is 0.109 e. The summed E-state index contributed by atoms with van der Waals surface area (Å²) in [6, 6.07) is 24.5. The average Bonchev–Trinajstić information content (AvgIpc) is 3.66. The van der Waals surface area contributed by atoms with Crippen LogP contribution in [0.1, 0.15) is 31.4 Å². The lowest BCUT2D eigenvalue weighted by Gasteiger charge is -2.10. The molecule has 37 heavy (non-hydrogen) atoms. The fraction of sp³-hybridized carbons (Fsp3) is 0.125. The first-order chi connectivity index (χ1) is 18.1. The van der Waals surface area contributed by atoms with Gasteiger partial charge in [-0.05, 0) is 52.4 Å². The van der Waals surface area contributed by atoms with Crippen LogP contribution in [0, 0.1) is 6.92 Å². The van der Waals surface area contributed by atoms with E-state index in [1.165, 1.54) is 53.5 Å². The maximum atomic E-state index is 4.98. The summed E-state index contributed by atoms with van der Waals surface area (Å²) in [5.74, 6) is 2.34. The summed E-state index contributed by atoms with van der Waals surface area (Å²) in [6.45, 7) is 6.39. The molecule has 8 rings (SSSR count). The largest absolute Gasteiger partial charge is 0.342 e. The lowest BCUT2D eigenvalue weighted by atomic mass is 9.94. The number of H-pyrrole nitrogens is 2. The van der Waals surface area contributed by atoms with Gasteiger partial charge in [0.15, 0.2) is 0 Å². The van der Waals surface area contributed by atoms with E-state index in [-0.39, 0.29) is 0 Å². The van der Waals surface area contributed by atoms with Crippen LogP contribution in [-0.2, 0) is 0 Å². The van der Waals surface area contributed by atoms with Crippen molar-refractivity contribution in [2.75, 3.05) is 0 Å². The fourth-order valence-electron chi connectivity index (χ4n) is 5.86. The number of hydrogen-bond acceptors (Lipinski definition) is 3. The van der Waals surface area contributed by atoms with Crippen molar-refractivity contribution in [1.82, 2.24) is 19.9 Å². The van der Waals surface area contributed by atoms with Crippen molar-refractivity contribution in [3.8, 4) is 11.1 Å². The van der Waals surface area contributed by atoms with E-state index >= 15 is 0 Å². The molecule has 0 atom stereocenters. The van der Waals surface area contributed by atoms with Crippen LogP contribution in [-0.4, -0.2) is 19.9 Å².